The van der Waals surface area contributed by atoms with Crippen LogP contribution in [0.2, 0.25) is 0 Å². The third-order valence-corrected chi connectivity index (χ3v) is 3.87. The molecule has 0 saturated carbocycles. The van der Waals surface area contributed by atoms with Crippen molar-refractivity contribution < 1.29 is 13.9 Å². The van der Waals surface area contributed by atoms with Crippen LogP contribution in [0.3, 0.4) is 0 Å². The number of piperazine rings is 1. The van der Waals surface area contributed by atoms with E-state index in [0.717, 1.165) is 32.2 Å². The topological polar surface area (TPSA) is 35.5 Å². The monoisotopic (exact) mass is 284 g/mol. The Labute approximate surface area is 118 Å². The summed E-state index contributed by atoms with van der Waals surface area (Å²) in [5, 5.41) is 12.9. The molecule has 20 heavy (non-hydrogen) atoms. The van der Waals surface area contributed by atoms with Gasteiger partial charge in [-0.3, -0.25) is 4.90 Å². The zero-order valence-corrected chi connectivity index (χ0v) is 12.0. The van der Waals surface area contributed by atoms with Gasteiger partial charge in [-0.1, -0.05) is 13.8 Å². The number of aliphatic hydroxyl groups excluding tert-OH is 1. The summed E-state index contributed by atoms with van der Waals surface area (Å²) in [5.74, 6) is -1.15. The van der Waals surface area contributed by atoms with Gasteiger partial charge in [0.15, 0.2) is 0 Å². The Bertz CT molecular complexity index is 439. The van der Waals surface area contributed by atoms with Crippen molar-refractivity contribution in [3.05, 3.63) is 35.4 Å². The van der Waals surface area contributed by atoms with Gasteiger partial charge in [-0.25, -0.2) is 8.78 Å². The molecule has 1 atom stereocenters. The summed E-state index contributed by atoms with van der Waals surface area (Å²) in [6, 6.07) is 3.41. The first-order valence-corrected chi connectivity index (χ1v) is 6.95. The highest BCUT2D eigenvalue weighted by atomic mass is 19.1. The van der Waals surface area contributed by atoms with Crippen molar-refractivity contribution in [2.75, 3.05) is 32.8 Å². The lowest BCUT2D eigenvalue weighted by atomic mass is 9.79. The van der Waals surface area contributed by atoms with Crippen LogP contribution < -0.4 is 5.32 Å². The Morgan fingerprint density at radius 2 is 1.75 bits per heavy atom. The van der Waals surface area contributed by atoms with Crippen LogP contribution in [0, 0.1) is 17.0 Å². The van der Waals surface area contributed by atoms with Gasteiger partial charge < -0.3 is 10.4 Å². The molecule has 5 heteroatoms. The lowest BCUT2D eigenvalue weighted by molar-refractivity contribution is 0.0302. The van der Waals surface area contributed by atoms with Crippen LogP contribution >= 0.6 is 0 Å². The molecule has 1 aliphatic rings. The predicted octanol–water partition coefficient (Wildman–Crippen LogP) is 1.93. The first-order chi connectivity index (χ1) is 9.44. The highest BCUT2D eigenvalue weighted by molar-refractivity contribution is 5.24. The molecule has 1 aliphatic heterocycles. The van der Waals surface area contributed by atoms with Gasteiger partial charge in [0.2, 0.25) is 0 Å². The Morgan fingerprint density at radius 3 is 2.25 bits per heavy atom. The second-order valence-electron chi connectivity index (χ2n) is 6.04. The van der Waals surface area contributed by atoms with Crippen molar-refractivity contribution in [1.29, 1.82) is 0 Å². The largest absolute Gasteiger partial charge is 0.396 e. The summed E-state index contributed by atoms with van der Waals surface area (Å²) >= 11 is 0. The maximum Gasteiger partial charge on any atom is 0.126 e. The van der Waals surface area contributed by atoms with Crippen molar-refractivity contribution in [2.45, 2.75) is 19.9 Å². The lowest BCUT2D eigenvalue weighted by Crippen LogP contribution is -2.49. The molecule has 1 heterocycles. The zero-order valence-electron chi connectivity index (χ0n) is 12.0. The van der Waals surface area contributed by atoms with Crippen LogP contribution in [0.5, 0.6) is 0 Å². The van der Waals surface area contributed by atoms with Gasteiger partial charge in [-0.05, 0) is 17.7 Å². The third-order valence-electron chi connectivity index (χ3n) is 3.87. The predicted molar refractivity (Wildman–Crippen MR) is 74.4 cm³/mol. The minimum absolute atomic E-state index is 0.0419. The maximum atomic E-state index is 13.5. The van der Waals surface area contributed by atoms with E-state index >= 15 is 0 Å². The van der Waals surface area contributed by atoms with Gasteiger partial charge >= 0.3 is 0 Å². The first kappa shape index (κ1) is 15.4. The molecule has 0 spiro atoms. The quantitative estimate of drug-likeness (QED) is 0.887. The maximum absolute atomic E-state index is 13.5. The molecule has 1 aromatic carbocycles. The average molecular weight is 284 g/mol. The van der Waals surface area contributed by atoms with Crippen LogP contribution in [0.25, 0.3) is 0 Å². The van der Waals surface area contributed by atoms with Gasteiger partial charge in [0.05, 0.1) is 0 Å². The van der Waals surface area contributed by atoms with E-state index < -0.39 is 17.0 Å². The van der Waals surface area contributed by atoms with Crippen LogP contribution in [0.1, 0.15) is 25.5 Å². The molecule has 0 bridgehead atoms. The van der Waals surface area contributed by atoms with E-state index in [9.17, 15) is 13.9 Å². The number of aliphatic hydroxyl groups is 1. The van der Waals surface area contributed by atoms with Gasteiger partial charge in [0.1, 0.15) is 11.6 Å². The first-order valence-electron chi connectivity index (χ1n) is 6.95. The highest BCUT2D eigenvalue weighted by Gasteiger charge is 2.36. The van der Waals surface area contributed by atoms with Crippen molar-refractivity contribution in [2.24, 2.45) is 5.41 Å². The van der Waals surface area contributed by atoms with E-state index in [4.69, 9.17) is 0 Å². The van der Waals surface area contributed by atoms with E-state index in [1.54, 1.807) is 0 Å². The van der Waals surface area contributed by atoms with Crippen LogP contribution in [-0.2, 0) is 0 Å². The number of hydrogen-bond acceptors (Lipinski definition) is 3. The molecule has 0 aliphatic carbocycles. The van der Waals surface area contributed by atoms with Gasteiger partial charge in [0, 0.05) is 50.3 Å². The minimum atomic E-state index is -0.575. The van der Waals surface area contributed by atoms with E-state index in [-0.39, 0.29) is 12.6 Å². The smallest absolute Gasteiger partial charge is 0.126 e. The molecule has 2 N–H and O–H groups in total. The van der Waals surface area contributed by atoms with E-state index in [2.05, 4.69) is 10.2 Å². The van der Waals surface area contributed by atoms with Crippen molar-refractivity contribution in [3.63, 3.8) is 0 Å². The highest BCUT2D eigenvalue weighted by Crippen LogP contribution is 2.38. The minimum Gasteiger partial charge on any atom is -0.396 e. The van der Waals surface area contributed by atoms with Gasteiger partial charge in [-0.15, -0.1) is 0 Å². The second-order valence-corrected chi connectivity index (χ2v) is 6.04. The number of benzene rings is 1. The van der Waals surface area contributed by atoms with Gasteiger partial charge in [0.25, 0.3) is 0 Å². The summed E-state index contributed by atoms with van der Waals surface area (Å²) in [4.78, 5) is 2.18. The molecule has 112 valence electrons. The zero-order chi connectivity index (χ0) is 14.8. The Hall–Kier alpha value is -1.04. The molecule has 1 fully saturated rings. The van der Waals surface area contributed by atoms with Crippen LogP contribution in [-0.4, -0.2) is 42.8 Å². The molecule has 0 amide bonds. The van der Waals surface area contributed by atoms with Crippen LogP contribution in [0.15, 0.2) is 18.2 Å². The fourth-order valence-electron chi connectivity index (χ4n) is 2.92. The van der Waals surface area contributed by atoms with Crippen molar-refractivity contribution >= 4 is 0 Å². The molecular weight excluding hydrogens is 262 g/mol. The average Bonchev–Trinajstić information content (AvgIpc) is 2.39. The number of nitrogens with one attached hydrogen (secondary N) is 1. The van der Waals surface area contributed by atoms with E-state index in [1.807, 2.05) is 13.8 Å². The Morgan fingerprint density at radius 1 is 1.20 bits per heavy atom. The molecule has 1 aromatic rings. The molecule has 0 aromatic heterocycles. The molecular formula is C15H22F2N2O. The molecule has 1 saturated heterocycles. The number of hydrogen-bond donors (Lipinski definition) is 2. The van der Waals surface area contributed by atoms with Crippen LogP contribution in [0.4, 0.5) is 8.78 Å². The van der Waals surface area contributed by atoms with E-state index in [0.29, 0.717) is 5.56 Å². The molecule has 0 unspecified atom stereocenters. The lowest BCUT2D eigenvalue weighted by Gasteiger charge is -2.43. The standard InChI is InChI=1S/C15H22F2N2O/c1-15(2,10-20)14(19-5-3-18-4-6-19)11-7-12(16)9-13(17)8-11/h7-9,14,18,20H,3-6,10H2,1-2H3/t14-/m0/s1. The number of halogens is 2. The number of nitrogens with zero attached hydrogens (tertiary/aromatic N) is 1. The normalized spacial score (nSPS) is 19.1. The van der Waals surface area contributed by atoms with Crippen molar-refractivity contribution in [3.8, 4) is 0 Å². The summed E-state index contributed by atoms with van der Waals surface area (Å²) in [5.41, 5.74) is 0.112. The molecule has 0 radical (unpaired) electrons. The SMILES string of the molecule is CC(C)(CO)[C@H](c1cc(F)cc(F)c1)N1CCNCC1. The van der Waals surface area contributed by atoms with Gasteiger partial charge in [-0.2, -0.15) is 0 Å². The van der Waals surface area contributed by atoms with Crippen molar-refractivity contribution in [1.82, 2.24) is 10.2 Å². The summed E-state index contributed by atoms with van der Waals surface area (Å²) in [6.45, 7) is 7.08. The molecule has 3 nitrogen and oxygen atoms in total. The third kappa shape index (κ3) is 3.34. The Balaban J connectivity index is 2.39. The molecule has 2 rings (SSSR count). The Kier molecular flexibility index (Phi) is 4.73. The summed E-state index contributed by atoms with van der Waals surface area (Å²) in [6.07, 6.45) is 0. The second kappa shape index (κ2) is 6.16. The summed E-state index contributed by atoms with van der Waals surface area (Å²) < 4.78 is 27.0. The number of rotatable bonds is 4. The summed E-state index contributed by atoms with van der Waals surface area (Å²) in [7, 11) is 0. The fourth-order valence-corrected chi connectivity index (χ4v) is 2.92. The fraction of sp³-hybridized carbons (Fsp3) is 0.600. The van der Waals surface area contributed by atoms with E-state index in [1.165, 1.54) is 12.1 Å².